The number of carbonyl (C=O) groups is 1. The van der Waals surface area contributed by atoms with Crippen molar-refractivity contribution in [3.05, 3.63) is 54.1 Å². The minimum absolute atomic E-state index is 0.0000666. The zero-order chi connectivity index (χ0) is 18.4. The van der Waals surface area contributed by atoms with E-state index in [4.69, 9.17) is 4.74 Å². The van der Waals surface area contributed by atoms with E-state index >= 15 is 0 Å². The second-order valence-corrected chi connectivity index (χ2v) is 4.81. The SMILES string of the molecule is O=C(COc1ccc(F)cc1F)Nc1ccccc1OCC(F)(F)F. The van der Waals surface area contributed by atoms with Crippen molar-refractivity contribution in [3.63, 3.8) is 0 Å². The number of para-hydroxylation sites is 2. The van der Waals surface area contributed by atoms with Crippen LogP contribution in [0.3, 0.4) is 0 Å². The van der Waals surface area contributed by atoms with Crippen LogP contribution in [0.4, 0.5) is 27.6 Å². The Balaban J connectivity index is 1.96. The summed E-state index contributed by atoms with van der Waals surface area (Å²) in [4.78, 5) is 11.8. The first-order chi connectivity index (χ1) is 11.7. The van der Waals surface area contributed by atoms with Gasteiger partial charge in [0.15, 0.2) is 24.8 Å². The summed E-state index contributed by atoms with van der Waals surface area (Å²) in [6.45, 7) is -2.15. The van der Waals surface area contributed by atoms with Gasteiger partial charge in [-0.3, -0.25) is 4.79 Å². The van der Waals surface area contributed by atoms with Crippen molar-refractivity contribution >= 4 is 11.6 Å². The van der Waals surface area contributed by atoms with Crippen LogP contribution in [-0.2, 0) is 4.79 Å². The van der Waals surface area contributed by atoms with Crippen LogP contribution in [0.25, 0.3) is 0 Å². The standard InChI is InChI=1S/C16H12F5NO3/c17-10-5-6-13(11(18)7-10)24-8-15(23)22-12-3-1-2-4-14(12)25-9-16(19,20)21/h1-7H,8-9H2,(H,22,23). The highest BCUT2D eigenvalue weighted by molar-refractivity contribution is 5.93. The molecule has 0 aliphatic carbocycles. The number of benzene rings is 2. The molecule has 0 bridgehead atoms. The van der Waals surface area contributed by atoms with Crippen molar-refractivity contribution in [3.8, 4) is 11.5 Å². The fourth-order valence-corrected chi connectivity index (χ4v) is 1.78. The summed E-state index contributed by atoms with van der Waals surface area (Å²) in [7, 11) is 0. The molecule has 0 aliphatic rings. The zero-order valence-electron chi connectivity index (χ0n) is 12.6. The molecular formula is C16H12F5NO3. The molecule has 0 aromatic heterocycles. The number of nitrogens with one attached hydrogen (secondary N) is 1. The van der Waals surface area contributed by atoms with Gasteiger partial charge in [0.2, 0.25) is 0 Å². The predicted molar refractivity (Wildman–Crippen MR) is 78.5 cm³/mol. The minimum atomic E-state index is -4.53. The van der Waals surface area contributed by atoms with Crippen molar-refractivity contribution in [2.75, 3.05) is 18.5 Å². The van der Waals surface area contributed by atoms with Crippen LogP contribution < -0.4 is 14.8 Å². The number of halogens is 5. The Morgan fingerprint density at radius 2 is 1.72 bits per heavy atom. The Bertz CT molecular complexity index is 749. The highest BCUT2D eigenvalue weighted by atomic mass is 19.4. The molecule has 0 saturated carbocycles. The van der Waals surface area contributed by atoms with E-state index in [1.165, 1.54) is 24.3 Å². The average Bonchev–Trinajstić information content (AvgIpc) is 2.52. The van der Waals surface area contributed by atoms with E-state index in [1.807, 2.05) is 0 Å². The average molecular weight is 361 g/mol. The van der Waals surface area contributed by atoms with Gasteiger partial charge in [0.25, 0.3) is 5.91 Å². The maximum absolute atomic E-state index is 13.4. The summed E-state index contributed by atoms with van der Waals surface area (Å²) in [5, 5.41) is 2.30. The van der Waals surface area contributed by atoms with E-state index in [0.29, 0.717) is 6.07 Å². The lowest BCUT2D eigenvalue weighted by Crippen LogP contribution is -2.22. The number of anilines is 1. The molecule has 1 N–H and O–H groups in total. The van der Waals surface area contributed by atoms with Crippen LogP contribution in [0.1, 0.15) is 0 Å². The molecule has 134 valence electrons. The monoisotopic (exact) mass is 361 g/mol. The number of amides is 1. The van der Waals surface area contributed by atoms with E-state index in [2.05, 4.69) is 10.1 Å². The van der Waals surface area contributed by atoms with Crippen LogP contribution in [-0.4, -0.2) is 25.3 Å². The van der Waals surface area contributed by atoms with E-state index < -0.39 is 36.9 Å². The van der Waals surface area contributed by atoms with Gasteiger partial charge in [-0.1, -0.05) is 12.1 Å². The highest BCUT2D eigenvalue weighted by Gasteiger charge is 2.28. The Morgan fingerprint density at radius 1 is 1.00 bits per heavy atom. The lowest BCUT2D eigenvalue weighted by atomic mass is 10.3. The van der Waals surface area contributed by atoms with Crippen molar-refractivity contribution in [2.24, 2.45) is 0 Å². The third-order valence-corrected chi connectivity index (χ3v) is 2.81. The van der Waals surface area contributed by atoms with Crippen LogP contribution in [0.15, 0.2) is 42.5 Å². The van der Waals surface area contributed by atoms with Gasteiger partial charge in [0.05, 0.1) is 5.69 Å². The van der Waals surface area contributed by atoms with Crippen molar-refractivity contribution in [1.82, 2.24) is 0 Å². The summed E-state index contributed by atoms with van der Waals surface area (Å²) in [6, 6.07) is 8.06. The summed E-state index contributed by atoms with van der Waals surface area (Å²) in [5.41, 5.74) is -0.0000666. The lowest BCUT2D eigenvalue weighted by Gasteiger charge is -2.14. The molecule has 9 heteroatoms. The normalized spacial score (nSPS) is 11.1. The number of rotatable bonds is 6. The molecule has 0 atom stereocenters. The molecule has 4 nitrogen and oxygen atoms in total. The first-order valence-corrected chi connectivity index (χ1v) is 6.91. The van der Waals surface area contributed by atoms with Crippen LogP contribution in [0, 0.1) is 11.6 Å². The summed E-state index contributed by atoms with van der Waals surface area (Å²) >= 11 is 0. The fraction of sp³-hybridized carbons (Fsp3) is 0.188. The topological polar surface area (TPSA) is 47.6 Å². The van der Waals surface area contributed by atoms with Gasteiger partial charge in [-0.2, -0.15) is 13.2 Å². The molecule has 0 aliphatic heterocycles. The maximum atomic E-state index is 13.4. The zero-order valence-corrected chi connectivity index (χ0v) is 12.6. The van der Waals surface area contributed by atoms with Gasteiger partial charge in [-0.05, 0) is 24.3 Å². The third kappa shape index (κ3) is 5.94. The Morgan fingerprint density at radius 3 is 2.40 bits per heavy atom. The summed E-state index contributed by atoms with van der Waals surface area (Å²) < 4.78 is 72.3. The number of alkyl halides is 3. The number of carbonyl (C=O) groups excluding carboxylic acids is 1. The minimum Gasteiger partial charge on any atom is -0.482 e. The smallest absolute Gasteiger partial charge is 0.422 e. The van der Waals surface area contributed by atoms with Crippen molar-refractivity contribution < 1.29 is 36.2 Å². The van der Waals surface area contributed by atoms with E-state index in [0.717, 1.165) is 12.1 Å². The lowest BCUT2D eigenvalue weighted by molar-refractivity contribution is -0.153. The molecule has 0 radical (unpaired) electrons. The number of hydrogen-bond donors (Lipinski definition) is 1. The van der Waals surface area contributed by atoms with Crippen molar-refractivity contribution in [1.29, 1.82) is 0 Å². The Hall–Kier alpha value is -2.84. The molecule has 2 rings (SSSR count). The Kier molecular flexibility index (Phi) is 5.79. The first kappa shape index (κ1) is 18.5. The van der Waals surface area contributed by atoms with Crippen molar-refractivity contribution in [2.45, 2.75) is 6.18 Å². The summed E-state index contributed by atoms with van der Waals surface area (Å²) in [6.07, 6.45) is -4.53. The molecule has 0 unspecified atom stereocenters. The van der Waals surface area contributed by atoms with Gasteiger partial charge < -0.3 is 14.8 Å². The highest BCUT2D eigenvalue weighted by Crippen LogP contribution is 2.26. The van der Waals surface area contributed by atoms with Crippen LogP contribution in [0.5, 0.6) is 11.5 Å². The van der Waals surface area contributed by atoms with Gasteiger partial charge in [0, 0.05) is 6.07 Å². The number of hydrogen-bond acceptors (Lipinski definition) is 3. The molecule has 0 heterocycles. The predicted octanol–water partition coefficient (Wildman–Crippen LogP) is 3.92. The van der Waals surface area contributed by atoms with Gasteiger partial charge in [-0.15, -0.1) is 0 Å². The maximum Gasteiger partial charge on any atom is 0.422 e. The quantitative estimate of drug-likeness (QED) is 0.794. The first-order valence-electron chi connectivity index (χ1n) is 6.91. The Labute approximate surface area is 139 Å². The summed E-state index contributed by atoms with van der Waals surface area (Å²) in [5.74, 6) is -3.06. The molecule has 0 spiro atoms. The second kappa shape index (κ2) is 7.82. The molecule has 0 fully saturated rings. The largest absolute Gasteiger partial charge is 0.482 e. The van der Waals surface area contributed by atoms with Gasteiger partial charge in [-0.25, -0.2) is 8.78 Å². The van der Waals surface area contributed by atoms with E-state index in [-0.39, 0.29) is 17.2 Å². The molecule has 2 aromatic carbocycles. The van der Waals surface area contributed by atoms with Gasteiger partial charge >= 0.3 is 6.18 Å². The molecule has 2 aromatic rings. The molecule has 25 heavy (non-hydrogen) atoms. The van der Waals surface area contributed by atoms with E-state index in [9.17, 15) is 26.7 Å². The second-order valence-electron chi connectivity index (χ2n) is 4.81. The molecule has 1 amide bonds. The van der Waals surface area contributed by atoms with E-state index in [1.54, 1.807) is 0 Å². The fourth-order valence-electron chi connectivity index (χ4n) is 1.78. The van der Waals surface area contributed by atoms with Gasteiger partial charge in [0.1, 0.15) is 11.6 Å². The third-order valence-electron chi connectivity index (χ3n) is 2.81. The van der Waals surface area contributed by atoms with Crippen LogP contribution >= 0.6 is 0 Å². The van der Waals surface area contributed by atoms with Crippen LogP contribution in [0.2, 0.25) is 0 Å². The molecule has 0 saturated heterocycles. The number of ether oxygens (including phenoxy) is 2. The molecular weight excluding hydrogens is 349 g/mol.